The van der Waals surface area contributed by atoms with E-state index in [1.807, 2.05) is 0 Å². The molecule has 0 spiro atoms. The Bertz CT molecular complexity index is 735. The number of imide groups is 1. The first-order chi connectivity index (χ1) is 12.2. The monoisotopic (exact) mass is 364 g/mol. The maximum atomic E-state index is 13.2. The molecular weight excluding hydrogens is 343 g/mol. The van der Waals surface area contributed by atoms with E-state index in [1.54, 1.807) is 21.0 Å². The maximum absolute atomic E-state index is 13.2. The number of nitrogens with one attached hydrogen (secondary N) is 2. The normalized spacial score (nSPS) is 19.3. The minimum atomic E-state index is -1.34. The molecule has 2 N–H and O–H groups in total. The minimum Gasteiger partial charge on any atom is -0.347 e. The predicted octanol–water partition coefficient (Wildman–Crippen LogP) is 0.187. The van der Waals surface area contributed by atoms with Gasteiger partial charge in [0.2, 0.25) is 11.8 Å². The van der Waals surface area contributed by atoms with E-state index in [4.69, 9.17) is 0 Å². The second-order valence-electron chi connectivity index (χ2n) is 6.15. The topological polar surface area (TPSA) is 98.8 Å². The Morgan fingerprint density at radius 2 is 1.85 bits per heavy atom. The van der Waals surface area contributed by atoms with Gasteiger partial charge in [0.05, 0.1) is 6.54 Å². The average Bonchev–Trinajstić information content (AvgIpc) is 2.85. The van der Waals surface area contributed by atoms with Crippen LogP contribution in [0.15, 0.2) is 24.3 Å². The highest BCUT2D eigenvalue weighted by Gasteiger charge is 2.51. The van der Waals surface area contributed by atoms with Gasteiger partial charge >= 0.3 is 6.03 Å². The van der Waals surface area contributed by atoms with E-state index in [0.717, 1.165) is 4.90 Å². The fourth-order valence-corrected chi connectivity index (χ4v) is 2.68. The SMILES string of the molecule is CC[C@@]1(c2ccc(F)cc2)NC(=O)N(CC(=O)NCC(=O)N(C)C)C1=O. The highest BCUT2D eigenvalue weighted by molar-refractivity contribution is 6.09. The Morgan fingerprint density at radius 3 is 2.38 bits per heavy atom. The van der Waals surface area contributed by atoms with Crippen molar-refractivity contribution in [2.24, 2.45) is 0 Å². The zero-order valence-electron chi connectivity index (χ0n) is 14.8. The molecule has 1 aliphatic heterocycles. The van der Waals surface area contributed by atoms with E-state index in [-0.39, 0.29) is 18.9 Å². The fraction of sp³-hybridized carbons (Fsp3) is 0.412. The van der Waals surface area contributed by atoms with E-state index in [2.05, 4.69) is 10.6 Å². The molecule has 1 aliphatic rings. The van der Waals surface area contributed by atoms with Gasteiger partial charge in [-0.15, -0.1) is 0 Å². The Balaban J connectivity index is 2.13. The number of nitrogens with zero attached hydrogens (tertiary/aromatic N) is 2. The summed E-state index contributed by atoms with van der Waals surface area (Å²) in [5.74, 6) is -2.00. The molecule has 1 fully saturated rings. The van der Waals surface area contributed by atoms with Crippen LogP contribution in [0.5, 0.6) is 0 Å². The standard InChI is InChI=1S/C17H21FN4O4/c1-4-17(11-5-7-12(18)8-6-11)15(25)22(16(26)20-17)10-13(23)19-9-14(24)21(2)3/h5-8H,4,9-10H2,1-3H3,(H,19,23)(H,20,26)/t17-/m0/s1. The molecule has 0 bridgehead atoms. The second-order valence-corrected chi connectivity index (χ2v) is 6.15. The summed E-state index contributed by atoms with van der Waals surface area (Å²) in [4.78, 5) is 50.7. The van der Waals surface area contributed by atoms with Crippen molar-refractivity contribution in [3.05, 3.63) is 35.6 Å². The van der Waals surface area contributed by atoms with Crippen LogP contribution in [0, 0.1) is 5.82 Å². The lowest BCUT2D eigenvalue weighted by atomic mass is 9.87. The molecule has 0 radical (unpaired) electrons. The van der Waals surface area contributed by atoms with Gasteiger partial charge in [0.1, 0.15) is 17.9 Å². The third-order valence-corrected chi connectivity index (χ3v) is 4.28. The number of benzene rings is 1. The number of amides is 5. The smallest absolute Gasteiger partial charge is 0.325 e. The molecule has 0 aliphatic carbocycles. The van der Waals surface area contributed by atoms with Crippen LogP contribution < -0.4 is 10.6 Å². The Hall–Kier alpha value is -2.97. The number of halogens is 1. The first-order valence-corrected chi connectivity index (χ1v) is 8.08. The summed E-state index contributed by atoms with van der Waals surface area (Å²) in [6.07, 6.45) is 0.237. The highest BCUT2D eigenvalue weighted by atomic mass is 19.1. The van der Waals surface area contributed by atoms with Crippen molar-refractivity contribution in [2.75, 3.05) is 27.2 Å². The van der Waals surface area contributed by atoms with Gasteiger partial charge in [-0.3, -0.25) is 19.3 Å². The van der Waals surface area contributed by atoms with Crippen LogP contribution in [-0.2, 0) is 19.9 Å². The van der Waals surface area contributed by atoms with Gasteiger partial charge in [0, 0.05) is 14.1 Å². The molecule has 140 valence electrons. The van der Waals surface area contributed by atoms with Crippen LogP contribution >= 0.6 is 0 Å². The van der Waals surface area contributed by atoms with E-state index in [1.165, 1.54) is 29.2 Å². The molecule has 0 saturated carbocycles. The van der Waals surface area contributed by atoms with Gasteiger partial charge in [0.25, 0.3) is 5.91 Å². The Labute approximate surface area is 150 Å². The summed E-state index contributed by atoms with van der Waals surface area (Å²) >= 11 is 0. The van der Waals surface area contributed by atoms with Gasteiger partial charge in [0.15, 0.2) is 0 Å². The quantitative estimate of drug-likeness (QED) is 0.704. The van der Waals surface area contributed by atoms with Gasteiger partial charge in [-0.2, -0.15) is 0 Å². The van der Waals surface area contributed by atoms with Crippen LogP contribution in [0.1, 0.15) is 18.9 Å². The van der Waals surface area contributed by atoms with Crippen molar-refractivity contribution < 1.29 is 23.6 Å². The molecule has 9 heteroatoms. The lowest BCUT2D eigenvalue weighted by Gasteiger charge is -2.25. The zero-order chi connectivity index (χ0) is 19.5. The van der Waals surface area contributed by atoms with Crippen molar-refractivity contribution >= 4 is 23.8 Å². The molecule has 1 heterocycles. The van der Waals surface area contributed by atoms with Crippen LogP contribution in [0.4, 0.5) is 9.18 Å². The molecule has 5 amide bonds. The van der Waals surface area contributed by atoms with E-state index >= 15 is 0 Å². The summed E-state index contributed by atoms with van der Waals surface area (Å²) in [6, 6.07) is 4.55. The second kappa shape index (κ2) is 7.51. The number of hydrogen-bond acceptors (Lipinski definition) is 4. The average molecular weight is 364 g/mol. The summed E-state index contributed by atoms with van der Waals surface area (Å²) in [6.45, 7) is 0.974. The number of carbonyl (C=O) groups excluding carboxylic acids is 4. The highest BCUT2D eigenvalue weighted by Crippen LogP contribution is 2.32. The van der Waals surface area contributed by atoms with Crippen molar-refractivity contribution in [3.63, 3.8) is 0 Å². The van der Waals surface area contributed by atoms with Gasteiger partial charge in [-0.05, 0) is 24.1 Å². The van der Waals surface area contributed by atoms with Crippen molar-refractivity contribution in [3.8, 4) is 0 Å². The predicted molar refractivity (Wildman–Crippen MR) is 90.3 cm³/mol. The zero-order valence-corrected chi connectivity index (χ0v) is 14.8. The molecule has 2 rings (SSSR count). The summed E-state index contributed by atoms with van der Waals surface area (Å²) in [5.41, 5.74) is -0.907. The number of urea groups is 1. The fourth-order valence-electron chi connectivity index (χ4n) is 2.68. The number of rotatable bonds is 6. The third kappa shape index (κ3) is 3.66. The van der Waals surface area contributed by atoms with Crippen LogP contribution in [0.3, 0.4) is 0 Å². The molecule has 0 unspecified atom stereocenters. The van der Waals surface area contributed by atoms with Crippen molar-refractivity contribution in [1.82, 2.24) is 20.4 Å². The molecule has 1 aromatic carbocycles. The van der Waals surface area contributed by atoms with E-state index in [0.29, 0.717) is 5.56 Å². The molecule has 1 atom stereocenters. The van der Waals surface area contributed by atoms with Crippen LogP contribution in [0.25, 0.3) is 0 Å². The molecule has 8 nitrogen and oxygen atoms in total. The number of likely N-dealkylation sites (N-methyl/N-ethyl adjacent to an activating group) is 1. The minimum absolute atomic E-state index is 0.230. The first kappa shape index (κ1) is 19.4. The summed E-state index contributed by atoms with van der Waals surface area (Å²) < 4.78 is 13.2. The van der Waals surface area contributed by atoms with E-state index < -0.39 is 35.7 Å². The molecule has 1 saturated heterocycles. The van der Waals surface area contributed by atoms with Gasteiger partial charge in [-0.25, -0.2) is 9.18 Å². The van der Waals surface area contributed by atoms with E-state index in [9.17, 15) is 23.6 Å². The third-order valence-electron chi connectivity index (χ3n) is 4.28. The lowest BCUT2D eigenvalue weighted by Crippen LogP contribution is -2.45. The van der Waals surface area contributed by atoms with Crippen molar-refractivity contribution in [2.45, 2.75) is 18.9 Å². The van der Waals surface area contributed by atoms with Crippen molar-refractivity contribution in [1.29, 1.82) is 0 Å². The summed E-state index contributed by atoms with van der Waals surface area (Å²) in [5, 5.41) is 4.97. The van der Waals surface area contributed by atoms with Gasteiger partial charge < -0.3 is 15.5 Å². The summed E-state index contributed by atoms with van der Waals surface area (Å²) in [7, 11) is 3.09. The van der Waals surface area contributed by atoms with Crippen LogP contribution in [-0.4, -0.2) is 60.7 Å². The van der Waals surface area contributed by atoms with Gasteiger partial charge in [-0.1, -0.05) is 19.1 Å². The molecule has 1 aromatic rings. The first-order valence-electron chi connectivity index (χ1n) is 8.08. The number of hydrogen-bond donors (Lipinski definition) is 2. The Kier molecular flexibility index (Phi) is 5.59. The molecular formula is C17H21FN4O4. The largest absolute Gasteiger partial charge is 0.347 e. The van der Waals surface area contributed by atoms with Crippen LogP contribution in [0.2, 0.25) is 0 Å². The number of carbonyl (C=O) groups is 4. The Morgan fingerprint density at radius 1 is 1.23 bits per heavy atom. The maximum Gasteiger partial charge on any atom is 0.325 e. The molecule has 0 aromatic heterocycles. The lowest BCUT2D eigenvalue weighted by molar-refractivity contribution is -0.136. The molecule has 26 heavy (non-hydrogen) atoms.